The van der Waals surface area contributed by atoms with Gasteiger partial charge >= 0.3 is 0 Å². The van der Waals surface area contributed by atoms with Gasteiger partial charge in [-0.25, -0.2) is 0 Å². The van der Waals surface area contributed by atoms with E-state index in [0.717, 1.165) is 24.1 Å². The van der Waals surface area contributed by atoms with Gasteiger partial charge in [0.05, 0.1) is 7.11 Å². The third-order valence-electron chi connectivity index (χ3n) is 5.02. The Morgan fingerprint density at radius 2 is 2.21 bits per heavy atom. The minimum atomic E-state index is 0.289. The summed E-state index contributed by atoms with van der Waals surface area (Å²) in [5, 5.41) is 3.54. The average molecular weight is 260 g/mol. The molecule has 104 valence electrons. The molecule has 2 aliphatic rings. The lowest BCUT2D eigenvalue weighted by Gasteiger charge is -2.35. The topological polar surface area (TPSA) is 24.5 Å². The van der Waals surface area contributed by atoms with E-state index in [-0.39, 0.29) is 5.54 Å². The molecular formula is C16H24N2O. The lowest BCUT2D eigenvalue weighted by molar-refractivity contribution is 0.132. The molecule has 19 heavy (non-hydrogen) atoms. The van der Waals surface area contributed by atoms with Crippen LogP contribution in [0.4, 0.5) is 0 Å². The molecule has 1 aromatic carbocycles. The van der Waals surface area contributed by atoms with Gasteiger partial charge in [-0.3, -0.25) is 4.90 Å². The molecule has 2 heterocycles. The van der Waals surface area contributed by atoms with Crippen molar-refractivity contribution in [3.63, 3.8) is 0 Å². The number of hydrogen-bond acceptors (Lipinski definition) is 3. The molecule has 1 aromatic rings. The summed E-state index contributed by atoms with van der Waals surface area (Å²) < 4.78 is 5.32. The van der Waals surface area contributed by atoms with E-state index in [0.29, 0.717) is 0 Å². The van der Waals surface area contributed by atoms with Crippen LogP contribution >= 0.6 is 0 Å². The van der Waals surface area contributed by atoms with Crippen molar-refractivity contribution in [3.8, 4) is 5.75 Å². The summed E-state index contributed by atoms with van der Waals surface area (Å²) >= 11 is 0. The summed E-state index contributed by atoms with van der Waals surface area (Å²) in [6.07, 6.45) is 0. The van der Waals surface area contributed by atoms with Crippen molar-refractivity contribution in [2.45, 2.75) is 25.9 Å². The maximum atomic E-state index is 5.32. The zero-order valence-corrected chi connectivity index (χ0v) is 12.1. The van der Waals surface area contributed by atoms with Crippen LogP contribution in [0.25, 0.3) is 0 Å². The quantitative estimate of drug-likeness (QED) is 0.901. The minimum absolute atomic E-state index is 0.289. The molecule has 2 unspecified atom stereocenters. The standard InChI is InChI=1S/C16H24N2O/c1-16(2)15-9-17-8-13(15)11-18(16)10-12-5-4-6-14(7-12)19-3/h4-7,13,15,17H,8-11H2,1-3H3. The first-order valence-corrected chi connectivity index (χ1v) is 7.20. The van der Waals surface area contributed by atoms with Crippen LogP contribution in [0, 0.1) is 11.8 Å². The molecular weight excluding hydrogens is 236 g/mol. The van der Waals surface area contributed by atoms with E-state index >= 15 is 0 Å². The second kappa shape index (κ2) is 4.80. The van der Waals surface area contributed by atoms with Crippen LogP contribution in [-0.4, -0.2) is 37.2 Å². The van der Waals surface area contributed by atoms with Gasteiger partial charge in [0, 0.05) is 25.2 Å². The number of nitrogens with zero attached hydrogens (tertiary/aromatic N) is 1. The molecule has 0 saturated carbocycles. The zero-order chi connectivity index (χ0) is 13.5. The van der Waals surface area contributed by atoms with Gasteiger partial charge < -0.3 is 10.1 Å². The second-order valence-electron chi connectivity index (χ2n) is 6.41. The van der Waals surface area contributed by atoms with E-state index in [4.69, 9.17) is 4.74 Å². The monoisotopic (exact) mass is 260 g/mol. The van der Waals surface area contributed by atoms with E-state index in [1.54, 1.807) is 7.11 Å². The van der Waals surface area contributed by atoms with Gasteiger partial charge in [-0.05, 0) is 49.9 Å². The second-order valence-corrected chi connectivity index (χ2v) is 6.41. The molecule has 2 aliphatic heterocycles. The predicted molar refractivity (Wildman–Crippen MR) is 77.3 cm³/mol. The van der Waals surface area contributed by atoms with Gasteiger partial charge in [0.1, 0.15) is 5.75 Å². The number of benzene rings is 1. The van der Waals surface area contributed by atoms with Crippen LogP contribution in [-0.2, 0) is 6.54 Å². The third-order valence-corrected chi connectivity index (χ3v) is 5.02. The SMILES string of the molecule is COc1cccc(CN2CC3CNCC3C2(C)C)c1. The van der Waals surface area contributed by atoms with E-state index in [2.05, 4.69) is 42.3 Å². The van der Waals surface area contributed by atoms with Gasteiger partial charge in [-0.15, -0.1) is 0 Å². The van der Waals surface area contributed by atoms with Crippen LogP contribution in [0.2, 0.25) is 0 Å². The fourth-order valence-corrected chi connectivity index (χ4v) is 3.76. The normalized spacial score (nSPS) is 29.4. The zero-order valence-electron chi connectivity index (χ0n) is 12.1. The molecule has 0 aliphatic carbocycles. The summed E-state index contributed by atoms with van der Waals surface area (Å²) in [5.41, 5.74) is 1.64. The Morgan fingerprint density at radius 3 is 2.95 bits per heavy atom. The Hall–Kier alpha value is -1.06. The van der Waals surface area contributed by atoms with Crippen LogP contribution in [0.15, 0.2) is 24.3 Å². The first-order chi connectivity index (χ1) is 9.11. The number of fused-ring (bicyclic) bond motifs is 1. The average Bonchev–Trinajstić information content (AvgIpc) is 2.94. The maximum Gasteiger partial charge on any atom is 0.119 e. The molecule has 2 atom stereocenters. The van der Waals surface area contributed by atoms with Crippen LogP contribution in [0.5, 0.6) is 5.75 Å². The molecule has 2 fully saturated rings. The van der Waals surface area contributed by atoms with E-state index in [9.17, 15) is 0 Å². The van der Waals surface area contributed by atoms with Crippen molar-refractivity contribution >= 4 is 0 Å². The predicted octanol–water partition coefficient (Wildman–Crippen LogP) is 2.12. The first-order valence-electron chi connectivity index (χ1n) is 7.20. The Balaban J connectivity index is 1.76. The number of methoxy groups -OCH3 is 1. The number of likely N-dealkylation sites (tertiary alicyclic amines) is 1. The first kappa shape index (κ1) is 12.9. The van der Waals surface area contributed by atoms with Crippen molar-refractivity contribution in [1.29, 1.82) is 0 Å². The fraction of sp³-hybridized carbons (Fsp3) is 0.625. The van der Waals surface area contributed by atoms with Crippen molar-refractivity contribution in [3.05, 3.63) is 29.8 Å². The molecule has 1 N–H and O–H groups in total. The smallest absolute Gasteiger partial charge is 0.119 e. The summed E-state index contributed by atoms with van der Waals surface area (Å²) in [7, 11) is 1.73. The maximum absolute atomic E-state index is 5.32. The molecule has 0 bridgehead atoms. The third kappa shape index (κ3) is 2.26. The number of nitrogens with one attached hydrogen (secondary N) is 1. The van der Waals surface area contributed by atoms with Gasteiger partial charge in [0.2, 0.25) is 0 Å². The van der Waals surface area contributed by atoms with Gasteiger partial charge in [-0.1, -0.05) is 12.1 Å². The molecule has 0 radical (unpaired) electrons. The summed E-state index contributed by atoms with van der Waals surface area (Å²) in [6.45, 7) is 9.38. The van der Waals surface area contributed by atoms with Crippen LogP contribution in [0.3, 0.4) is 0 Å². The summed E-state index contributed by atoms with van der Waals surface area (Å²) in [6, 6.07) is 8.45. The molecule has 0 amide bonds. The van der Waals surface area contributed by atoms with E-state index in [1.807, 2.05) is 6.07 Å². The van der Waals surface area contributed by atoms with Gasteiger partial charge in [0.15, 0.2) is 0 Å². The Bertz CT molecular complexity index is 458. The lowest BCUT2D eigenvalue weighted by Crippen LogP contribution is -2.43. The van der Waals surface area contributed by atoms with Gasteiger partial charge in [-0.2, -0.15) is 0 Å². The fourth-order valence-electron chi connectivity index (χ4n) is 3.76. The summed E-state index contributed by atoms with van der Waals surface area (Å²) in [5.74, 6) is 2.56. The van der Waals surface area contributed by atoms with Crippen molar-refractivity contribution in [2.75, 3.05) is 26.7 Å². The van der Waals surface area contributed by atoms with Crippen LogP contribution in [0.1, 0.15) is 19.4 Å². The van der Waals surface area contributed by atoms with Crippen molar-refractivity contribution < 1.29 is 4.74 Å². The highest BCUT2D eigenvalue weighted by molar-refractivity contribution is 5.28. The highest BCUT2D eigenvalue weighted by atomic mass is 16.5. The number of ether oxygens (including phenoxy) is 1. The van der Waals surface area contributed by atoms with Crippen molar-refractivity contribution in [1.82, 2.24) is 10.2 Å². The number of hydrogen-bond donors (Lipinski definition) is 1. The Kier molecular flexibility index (Phi) is 3.27. The van der Waals surface area contributed by atoms with E-state index < -0.39 is 0 Å². The van der Waals surface area contributed by atoms with Crippen LogP contribution < -0.4 is 10.1 Å². The minimum Gasteiger partial charge on any atom is -0.497 e. The molecule has 2 saturated heterocycles. The molecule has 3 heteroatoms. The largest absolute Gasteiger partial charge is 0.497 e. The molecule has 3 rings (SSSR count). The Morgan fingerprint density at radius 1 is 1.37 bits per heavy atom. The number of rotatable bonds is 3. The highest BCUT2D eigenvalue weighted by Gasteiger charge is 2.49. The molecule has 3 nitrogen and oxygen atoms in total. The van der Waals surface area contributed by atoms with Gasteiger partial charge in [0.25, 0.3) is 0 Å². The molecule has 0 aromatic heterocycles. The lowest BCUT2D eigenvalue weighted by atomic mass is 9.85. The summed E-state index contributed by atoms with van der Waals surface area (Å²) in [4.78, 5) is 2.64. The highest BCUT2D eigenvalue weighted by Crippen LogP contribution is 2.41. The van der Waals surface area contributed by atoms with Crippen molar-refractivity contribution in [2.24, 2.45) is 11.8 Å². The van der Waals surface area contributed by atoms with E-state index in [1.165, 1.54) is 25.2 Å². The Labute approximate surface area is 115 Å². The molecule has 0 spiro atoms.